The van der Waals surface area contributed by atoms with Gasteiger partial charge in [-0.05, 0) is 29.7 Å². The van der Waals surface area contributed by atoms with Crippen LogP contribution in [0.2, 0.25) is 10.3 Å². The Morgan fingerprint density at radius 3 is 2.64 bits per heavy atom. The van der Waals surface area contributed by atoms with E-state index in [1.165, 1.54) is 12.1 Å². The number of aliphatic hydroxyl groups excluding tert-OH is 1. The first-order valence-corrected chi connectivity index (χ1v) is 7.55. The lowest BCUT2D eigenvalue weighted by Crippen LogP contribution is -2.26. The lowest BCUT2D eigenvalue weighted by Gasteiger charge is -2.16. The molecule has 0 fully saturated rings. The minimum Gasteiger partial charge on any atom is -0.385 e. The molecule has 0 amide bonds. The van der Waals surface area contributed by atoms with Crippen LogP contribution in [-0.2, 0) is 0 Å². The number of rotatable bonds is 6. The normalized spacial score (nSPS) is 13.9. The highest BCUT2D eigenvalue weighted by Crippen LogP contribution is 2.24. The van der Waals surface area contributed by atoms with Crippen LogP contribution in [0.15, 0.2) is 30.5 Å². The molecule has 22 heavy (non-hydrogen) atoms. The van der Waals surface area contributed by atoms with E-state index in [-0.39, 0.29) is 5.92 Å². The number of hydrogen-bond donors (Lipinski definition) is 2. The Morgan fingerprint density at radius 1 is 1.23 bits per heavy atom. The Balaban J connectivity index is 1.86. The fourth-order valence-electron chi connectivity index (χ4n) is 2.03. The Bertz CT molecular complexity index is 625. The molecule has 2 aromatic heterocycles. The van der Waals surface area contributed by atoms with Crippen LogP contribution in [0.1, 0.15) is 30.2 Å². The Morgan fingerprint density at radius 2 is 2.00 bits per heavy atom. The average molecular weight is 344 g/mol. The molecular weight excluding hydrogens is 328 g/mol. The maximum absolute atomic E-state index is 12.8. The monoisotopic (exact) mass is 343 g/mol. The van der Waals surface area contributed by atoms with E-state index in [2.05, 4.69) is 15.3 Å². The predicted octanol–water partition coefficient (Wildman–Crippen LogP) is 3.35. The van der Waals surface area contributed by atoms with Crippen LogP contribution in [0.3, 0.4) is 0 Å². The Kier molecular flexibility index (Phi) is 6.08. The summed E-state index contributed by atoms with van der Waals surface area (Å²) in [5, 5.41) is 13.8. The molecule has 0 aliphatic carbocycles. The topological polar surface area (TPSA) is 58.0 Å². The summed E-state index contributed by atoms with van der Waals surface area (Å²) in [5.41, 5.74) is 1.31. The summed E-state index contributed by atoms with van der Waals surface area (Å²) in [4.78, 5) is 7.85. The number of nitrogens with one attached hydrogen (secondary N) is 1. The second-order valence-corrected chi connectivity index (χ2v) is 5.74. The highest BCUT2D eigenvalue weighted by Gasteiger charge is 2.13. The molecule has 0 bridgehead atoms. The zero-order valence-electron chi connectivity index (χ0n) is 11.9. The van der Waals surface area contributed by atoms with Gasteiger partial charge in [-0.3, -0.25) is 4.98 Å². The fraction of sp³-hybridized carbons (Fsp3) is 0.333. The van der Waals surface area contributed by atoms with Gasteiger partial charge in [0.2, 0.25) is 0 Å². The van der Waals surface area contributed by atoms with Gasteiger partial charge in [0.1, 0.15) is 22.2 Å². The van der Waals surface area contributed by atoms with Gasteiger partial charge in [-0.1, -0.05) is 36.2 Å². The van der Waals surface area contributed by atoms with Crippen LogP contribution in [0.4, 0.5) is 4.39 Å². The standard InChI is InChI=1S/C15H16Cl2FN3O/c1-9(11-3-5-14(16)21-15(11)17)6-19-8-13(22)12-4-2-10(18)7-20-12/h2-5,7,9,13,19,22H,6,8H2,1H3/t9?,13-/m0/s1. The molecule has 1 unspecified atom stereocenters. The number of hydrogen-bond acceptors (Lipinski definition) is 4. The minimum atomic E-state index is -0.799. The zero-order valence-corrected chi connectivity index (χ0v) is 13.4. The van der Waals surface area contributed by atoms with Crippen molar-refractivity contribution in [2.45, 2.75) is 18.9 Å². The van der Waals surface area contributed by atoms with Crippen LogP contribution in [0.25, 0.3) is 0 Å². The van der Waals surface area contributed by atoms with Gasteiger partial charge in [-0.2, -0.15) is 0 Å². The summed E-state index contributed by atoms with van der Waals surface area (Å²) >= 11 is 11.8. The second kappa shape index (κ2) is 7.83. The highest BCUT2D eigenvalue weighted by atomic mass is 35.5. The fourth-order valence-corrected chi connectivity index (χ4v) is 2.56. The number of aliphatic hydroxyl groups is 1. The van der Waals surface area contributed by atoms with Crippen LogP contribution in [0, 0.1) is 5.82 Å². The molecule has 0 spiro atoms. The molecule has 0 saturated carbocycles. The number of pyridine rings is 2. The quantitative estimate of drug-likeness (QED) is 0.789. The van der Waals surface area contributed by atoms with Gasteiger partial charge >= 0.3 is 0 Å². The molecule has 0 aromatic carbocycles. The largest absolute Gasteiger partial charge is 0.385 e. The van der Waals surface area contributed by atoms with Gasteiger partial charge in [0, 0.05) is 13.1 Å². The van der Waals surface area contributed by atoms with E-state index in [9.17, 15) is 9.50 Å². The van der Waals surface area contributed by atoms with E-state index in [4.69, 9.17) is 23.2 Å². The zero-order chi connectivity index (χ0) is 16.1. The lowest BCUT2D eigenvalue weighted by molar-refractivity contribution is 0.169. The summed E-state index contributed by atoms with van der Waals surface area (Å²) in [7, 11) is 0. The maximum atomic E-state index is 12.8. The van der Waals surface area contributed by atoms with Crippen LogP contribution in [-0.4, -0.2) is 28.2 Å². The first-order valence-electron chi connectivity index (χ1n) is 6.79. The van der Waals surface area contributed by atoms with Crippen molar-refractivity contribution in [2.75, 3.05) is 13.1 Å². The number of halogens is 3. The molecule has 0 aliphatic heterocycles. The van der Waals surface area contributed by atoms with Crippen molar-refractivity contribution in [1.29, 1.82) is 0 Å². The first kappa shape index (κ1) is 17.1. The Hall–Kier alpha value is -1.27. The number of nitrogens with zero attached hydrogens (tertiary/aromatic N) is 2. The van der Waals surface area contributed by atoms with Crippen molar-refractivity contribution in [1.82, 2.24) is 15.3 Å². The molecule has 2 N–H and O–H groups in total. The highest BCUT2D eigenvalue weighted by molar-refractivity contribution is 6.32. The maximum Gasteiger partial charge on any atom is 0.141 e. The van der Waals surface area contributed by atoms with Gasteiger partial charge < -0.3 is 10.4 Å². The van der Waals surface area contributed by atoms with Crippen molar-refractivity contribution in [3.8, 4) is 0 Å². The van der Waals surface area contributed by atoms with Gasteiger partial charge in [0.05, 0.1) is 11.9 Å². The van der Waals surface area contributed by atoms with Gasteiger partial charge in [-0.25, -0.2) is 9.37 Å². The van der Waals surface area contributed by atoms with Gasteiger partial charge in [0.25, 0.3) is 0 Å². The predicted molar refractivity (Wildman–Crippen MR) is 84.7 cm³/mol. The van der Waals surface area contributed by atoms with Crippen molar-refractivity contribution in [3.63, 3.8) is 0 Å². The molecule has 2 heterocycles. The minimum absolute atomic E-state index is 0.102. The van der Waals surface area contributed by atoms with E-state index < -0.39 is 11.9 Å². The molecule has 0 aliphatic rings. The molecule has 118 valence electrons. The molecule has 2 atom stereocenters. The van der Waals surface area contributed by atoms with Gasteiger partial charge in [-0.15, -0.1) is 0 Å². The van der Waals surface area contributed by atoms with E-state index in [1.807, 2.05) is 13.0 Å². The molecule has 0 saturated heterocycles. The van der Waals surface area contributed by atoms with Crippen LogP contribution in [0.5, 0.6) is 0 Å². The molecule has 7 heteroatoms. The van der Waals surface area contributed by atoms with Crippen molar-refractivity contribution in [3.05, 3.63) is 57.8 Å². The summed E-state index contributed by atoms with van der Waals surface area (Å²) in [6.07, 6.45) is 0.284. The SMILES string of the molecule is CC(CNC[C@H](O)c1ccc(F)cn1)c1ccc(Cl)nc1Cl. The van der Waals surface area contributed by atoms with Gasteiger partial charge in [0.15, 0.2) is 0 Å². The summed E-state index contributed by atoms with van der Waals surface area (Å²) < 4.78 is 12.8. The molecular formula is C15H16Cl2FN3O. The third-order valence-corrected chi connectivity index (χ3v) is 3.77. The summed E-state index contributed by atoms with van der Waals surface area (Å²) in [5.74, 6) is -0.326. The summed E-state index contributed by atoms with van der Waals surface area (Å²) in [6.45, 7) is 2.90. The van der Waals surface area contributed by atoms with E-state index in [0.29, 0.717) is 29.1 Å². The Labute approximate surface area is 138 Å². The lowest BCUT2D eigenvalue weighted by atomic mass is 10.0. The van der Waals surface area contributed by atoms with Crippen molar-refractivity contribution < 1.29 is 9.50 Å². The number of aromatic nitrogens is 2. The van der Waals surface area contributed by atoms with E-state index in [0.717, 1.165) is 11.8 Å². The first-order chi connectivity index (χ1) is 10.5. The third kappa shape index (κ3) is 4.61. The van der Waals surface area contributed by atoms with E-state index >= 15 is 0 Å². The van der Waals surface area contributed by atoms with Crippen molar-refractivity contribution in [2.24, 2.45) is 0 Å². The molecule has 4 nitrogen and oxygen atoms in total. The van der Waals surface area contributed by atoms with Crippen LogP contribution < -0.4 is 5.32 Å². The third-order valence-electron chi connectivity index (χ3n) is 3.25. The van der Waals surface area contributed by atoms with Crippen molar-refractivity contribution >= 4 is 23.2 Å². The summed E-state index contributed by atoms with van der Waals surface area (Å²) in [6, 6.07) is 6.26. The smallest absolute Gasteiger partial charge is 0.141 e. The second-order valence-electron chi connectivity index (χ2n) is 4.99. The molecule has 0 radical (unpaired) electrons. The van der Waals surface area contributed by atoms with E-state index in [1.54, 1.807) is 6.07 Å². The molecule has 2 aromatic rings. The molecule has 2 rings (SSSR count). The van der Waals surface area contributed by atoms with Crippen LogP contribution >= 0.6 is 23.2 Å². The average Bonchev–Trinajstić information content (AvgIpc) is 2.47.